The molecular formula is C13H17NO3. The third-order valence-electron chi connectivity index (χ3n) is 2.99. The molecule has 1 aromatic carbocycles. The molecule has 1 amide bonds. The Morgan fingerprint density at radius 2 is 2.12 bits per heavy atom. The number of carbonyl (C=O) groups excluding carboxylic acids is 1. The van der Waals surface area contributed by atoms with Crippen molar-refractivity contribution < 1.29 is 14.6 Å². The number of amides is 1. The van der Waals surface area contributed by atoms with Crippen LogP contribution in [-0.2, 0) is 11.3 Å². The second kappa shape index (κ2) is 4.75. The van der Waals surface area contributed by atoms with Crippen LogP contribution < -0.4 is 5.32 Å². The Morgan fingerprint density at radius 3 is 2.71 bits per heavy atom. The first-order valence-corrected chi connectivity index (χ1v) is 5.74. The van der Waals surface area contributed by atoms with Gasteiger partial charge in [-0.2, -0.15) is 0 Å². The standard InChI is InChI=1S/C13H17NO3/c1-13(7-11(15)8-13)14-12(16)17-9-10-5-3-2-4-6-10/h2-6,11,15H,7-9H2,1H3,(H,14,16)/t11-,13-. The summed E-state index contributed by atoms with van der Waals surface area (Å²) >= 11 is 0. The molecule has 4 nitrogen and oxygen atoms in total. The predicted octanol–water partition coefficient (Wildman–Crippen LogP) is 1.83. The van der Waals surface area contributed by atoms with Gasteiger partial charge in [0.15, 0.2) is 0 Å². The molecule has 1 aliphatic rings. The van der Waals surface area contributed by atoms with Crippen molar-refractivity contribution in [2.24, 2.45) is 0 Å². The number of rotatable bonds is 3. The topological polar surface area (TPSA) is 58.6 Å². The molecule has 2 N–H and O–H groups in total. The first-order valence-electron chi connectivity index (χ1n) is 5.74. The number of alkyl carbamates (subject to hydrolysis) is 1. The summed E-state index contributed by atoms with van der Waals surface area (Å²) in [7, 11) is 0. The quantitative estimate of drug-likeness (QED) is 0.840. The largest absolute Gasteiger partial charge is 0.445 e. The number of benzene rings is 1. The van der Waals surface area contributed by atoms with Crippen LogP contribution in [0.15, 0.2) is 30.3 Å². The summed E-state index contributed by atoms with van der Waals surface area (Å²) < 4.78 is 5.10. The minimum absolute atomic E-state index is 0.269. The van der Waals surface area contributed by atoms with Gasteiger partial charge >= 0.3 is 6.09 Å². The molecule has 0 bridgehead atoms. The lowest BCUT2D eigenvalue weighted by atomic mass is 9.76. The van der Waals surface area contributed by atoms with Gasteiger partial charge in [0, 0.05) is 5.54 Å². The molecule has 1 saturated carbocycles. The van der Waals surface area contributed by atoms with Crippen molar-refractivity contribution in [3.05, 3.63) is 35.9 Å². The highest BCUT2D eigenvalue weighted by Gasteiger charge is 2.40. The van der Waals surface area contributed by atoms with Crippen LogP contribution in [0.5, 0.6) is 0 Å². The highest BCUT2D eigenvalue weighted by molar-refractivity contribution is 5.68. The molecule has 4 heteroatoms. The van der Waals surface area contributed by atoms with Crippen LogP contribution in [0.4, 0.5) is 4.79 Å². The van der Waals surface area contributed by atoms with E-state index in [0.717, 1.165) is 5.56 Å². The van der Waals surface area contributed by atoms with Crippen LogP contribution in [0.3, 0.4) is 0 Å². The van der Waals surface area contributed by atoms with E-state index in [1.807, 2.05) is 37.3 Å². The Hall–Kier alpha value is -1.55. The fourth-order valence-electron chi connectivity index (χ4n) is 2.09. The van der Waals surface area contributed by atoms with Gasteiger partial charge in [0.05, 0.1) is 6.10 Å². The van der Waals surface area contributed by atoms with Crippen LogP contribution in [-0.4, -0.2) is 22.8 Å². The SMILES string of the molecule is C[C@]1(NC(=O)OCc2ccccc2)C[C@H](O)C1. The Morgan fingerprint density at radius 1 is 1.47 bits per heavy atom. The van der Waals surface area contributed by atoms with Gasteiger partial charge < -0.3 is 15.2 Å². The minimum atomic E-state index is -0.428. The molecule has 0 spiro atoms. The average Bonchev–Trinajstić information content (AvgIpc) is 2.26. The van der Waals surface area contributed by atoms with Crippen LogP contribution in [0, 0.1) is 0 Å². The van der Waals surface area contributed by atoms with E-state index in [-0.39, 0.29) is 18.2 Å². The summed E-state index contributed by atoms with van der Waals surface area (Å²) in [6.45, 7) is 2.18. The molecule has 1 fully saturated rings. The minimum Gasteiger partial charge on any atom is -0.445 e. The van der Waals surface area contributed by atoms with E-state index < -0.39 is 6.09 Å². The van der Waals surface area contributed by atoms with Gasteiger partial charge in [-0.1, -0.05) is 30.3 Å². The zero-order chi connectivity index (χ0) is 12.3. The summed E-state index contributed by atoms with van der Waals surface area (Å²) in [5, 5.41) is 12.0. The fraction of sp³-hybridized carbons (Fsp3) is 0.462. The molecule has 17 heavy (non-hydrogen) atoms. The van der Waals surface area contributed by atoms with Gasteiger partial charge in [0.25, 0.3) is 0 Å². The first kappa shape index (κ1) is 11.9. The summed E-state index contributed by atoms with van der Waals surface area (Å²) in [4.78, 5) is 11.5. The summed E-state index contributed by atoms with van der Waals surface area (Å²) in [5.41, 5.74) is 0.647. The first-order chi connectivity index (χ1) is 8.07. The van der Waals surface area contributed by atoms with E-state index in [9.17, 15) is 9.90 Å². The van der Waals surface area contributed by atoms with E-state index in [4.69, 9.17) is 4.74 Å². The number of carbonyl (C=O) groups is 1. The molecule has 1 aliphatic carbocycles. The third-order valence-corrected chi connectivity index (χ3v) is 2.99. The highest BCUT2D eigenvalue weighted by atomic mass is 16.5. The maximum absolute atomic E-state index is 11.5. The zero-order valence-corrected chi connectivity index (χ0v) is 9.85. The third kappa shape index (κ3) is 3.20. The highest BCUT2D eigenvalue weighted by Crippen LogP contribution is 2.31. The molecule has 2 rings (SSSR count). The van der Waals surface area contributed by atoms with Crippen LogP contribution >= 0.6 is 0 Å². The number of hydrogen-bond donors (Lipinski definition) is 2. The predicted molar refractivity (Wildman–Crippen MR) is 63.4 cm³/mol. The molecule has 0 heterocycles. The lowest BCUT2D eigenvalue weighted by molar-refractivity contribution is 0.0100. The van der Waals surface area contributed by atoms with Crippen molar-refractivity contribution in [1.82, 2.24) is 5.32 Å². The van der Waals surface area contributed by atoms with Gasteiger partial charge in [-0.05, 0) is 25.3 Å². The van der Waals surface area contributed by atoms with E-state index in [2.05, 4.69) is 5.32 Å². The van der Waals surface area contributed by atoms with Crippen molar-refractivity contribution in [2.45, 2.75) is 38.0 Å². The van der Waals surface area contributed by atoms with Crippen molar-refractivity contribution in [3.63, 3.8) is 0 Å². The van der Waals surface area contributed by atoms with E-state index >= 15 is 0 Å². The zero-order valence-electron chi connectivity index (χ0n) is 9.85. The molecule has 0 aromatic heterocycles. The van der Waals surface area contributed by atoms with E-state index in [1.165, 1.54) is 0 Å². The number of aliphatic hydroxyl groups is 1. The monoisotopic (exact) mass is 235 g/mol. The Labute approximate surface area is 101 Å². The molecular weight excluding hydrogens is 218 g/mol. The second-order valence-electron chi connectivity index (χ2n) is 4.81. The van der Waals surface area contributed by atoms with Gasteiger partial charge in [0.2, 0.25) is 0 Å². The number of hydrogen-bond acceptors (Lipinski definition) is 3. The molecule has 0 atom stereocenters. The second-order valence-corrected chi connectivity index (χ2v) is 4.81. The molecule has 0 aliphatic heterocycles. The molecule has 0 radical (unpaired) electrons. The van der Waals surface area contributed by atoms with Crippen LogP contribution in [0.2, 0.25) is 0 Å². The van der Waals surface area contributed by atoms with Gasteiger partial charge in [-0.3, -0.25) is 0 Å². The summed E-state index contributed by atoms with van der Waals surface area (Å²) in [5.74, 6) is 0. The lowest BCUT2D eigenvalue weighted by Gasteiger charge is -2.42. The van der Waals surface area contributed by atoms with Crippen molar-refractivity contribution >= 4 is 6.09 Å². The number of ether oxygens (including phenoxy) is 1. The smallest absolute Gasteiger partial charge is 0.407 e. The summed E-state index contributed by atoms with van der Waals surface area (Å²) in [6, 6.07) is 9.53. The van der Waals surface area contributed by atoms with Gasteiger partial charge in [0.1, 0.15) is 6.61 Å². The van der Waals surface area contributed by atoms with Crippen molar-refractivity contribution in [1.29, 1.82) is 0 Å². The van der Waals surface area contributed by atoms with Crippen molar-refractivity contribution in [2.75, 3.05) is 0 Å². The molecule has 0 saturated heterocycles. The Kier molecular flexibility index (Phi) is 3.33. The van der Waals surface area contributed by atoms with E-state index in [0.29, 0.717) is 12.8 Å². The maximum atomic E-state index is 11.5. The van der Waals surface area contributed by atoms with Crippen LogP contribution in [0.1, 0.15) is 25.3 Å². The fourth-order valence-corrected chi connectivity index (χ4v) is 2.09. The molecule has 1 aromatic rings. The molecule has 0 unspecified atom stereocenters. The Balaban J connectivity index is 1.75. The lowest BCUT2D eigenvalue weighted by Crippen LogP contribution is -2.57. The van der Waals surface area contributed by atoms with Gasteiger partial charge in [-0.15, -0.1) is 0 Å². The van der Waals surface area contributed by atoms with E-state index in [1.54, 1.807) is 0 Å². The maximum Gasteiger partial charge on any atom is 0.407 e. The van der Waals surface area contributed by atoms with Gasteiger partial charge in [-0.25, -0.2) is 4.79 Å². The number of nitrogens with one attached hydrogen (secondary N) is 1. The normalized spacial score (nSPS) is 27.1. The average molecular weight is 235 g/mol. The van der Waals surface area contributed by atoms with Crippen molar-refractivity contribution in [3.8, 4) is 0 Å². The Bertz CT molecular complexity index is 385. The molecule has 92 valence electrons. The van der Waals surface area contributed by atoms with Crippen LogP contribution in [0.25, 0.3) is 0 Å². The number of aliphatic hydroxyl groups excluding tert-OH is 1. The summed E-state index contributed by atoms with van der Waals surface area (Å²) in [6.07, 6.45) is 0.457.